The monoisotopic (exact) mass is 297 g/mol. The van der Waals surface area contributed by atoms with Crippen molar-refractivity contribution in [3.63, 3.8) is 0 Å². The van der Waals surface area contributed by atoms with Gasteiger partial charge in [-0.15, -0.1) is 0 Å². The minimum Gasteiger partial charge on any atom is -0.393 e. The minimum atomic E-state index is 0.0458. The van der Waals surface area contributed by atoms with E-state index in [0.29, 0.717) is 17.1 Å². The van der Waals surface area contributed by atoms with Crippen molar-refractivity contribution in [3.8, 4) is 0 Å². The molecule has 1 aromatic heterocycles. The maximum absolute atomic E-state index is 11.3. The first-order chi connectivity index (χ1) is 10.6. The van der Waals surface area contributed by atoms with E-state index in [0.717, 1.165) is 24.6 Å². The van der Waals surface area contributed by atoms with E-state index in [4.69, 9.17) is 5.73 Å². The van der Waals surface area contributed by atoms with Crippen LogP contribution in [-0.2, 0) is 0 Å². The van der Waals surface area contributed by atoms with Gasteiger partial charge in [0, 0.05) is 24.3 Å². The molecule has 0 radical (unpaired) electrons. The van der Waals surface area contributed by atoms with E-state index in [2.05, 4.69) is 20.2 Å². The number of ketones is 1. The van der Waals surface area contributed by atoms with Crippen LogP contribution in [0, 0.1) is 0 Å². The lowest BCUT2D eigenvalue weighted by Crippen LogP contribution is -2.21. The third kappa shape index (κ3) is 2.86. The summed E-state index contributed by atoms with van der Waals surface area (Å²) in [5, 5.41) is 3.19. The number of carbonyl (C=O) groups is 1. The fourth-order valence-electron chi connectivity index (χ4n) is 2.59. The molecule has 1 aromatic carbocycles. The van der Waals surface area contributed by atoms with Gasteiger partial charge < -0.3 is 16.0 Å². The first-order valence-corrected chi connectivity index (χ1v) is 7.38. The Hall–Kier alpha value is -2.63. The van der Waals surface area contributed by atoms with Crippen molar-refractivity contribution in [2.24, 2.45) is 0 Å². The first-order valence-electron chi connectivity index (χ1n) is 7.38. The summed E-state index contributed by atoms with van der Waals surface area (Å²) < 4.78 is 0. The van der Waals surface area contributed by atoms with Crippen LogP contribution in [0.25, 0.3) is 0 Å². The second kappa shape index (κ2) is 6.01. The number of anilines is 4. The molecule has 0 unspecified atom stereocenters. The molecular formula is C16H19N5O. The highest BCUT2D eigenvalue weighted by atomic mass is 16.1. The minimum absolute atomic E-state index is 0.0458. The second-order valence-corrected chi connectivity index (χ2v) is 5.41. The number of aromatic nitrogens is 2. The molecule has 0 spiro atoms. The van der Waals surface area contributed by atoms with Gasteiger partial charge in [-0.2, -0.15) is 0 Å². The lowest BCUT2D eigenvalue weighted by molar-refractivity contribution is 0.101. The maximum Gasteiger partial charge on any atom is 0.159 e. The van der Waals surface area contributed by atoms with Crippen LogP contribution >= 0.6 is 0 Å². The highest BCUT2D eigenvalue weighted by Gasteiger charge is 2.18. The summed E-state index contributed by atoms with van der Waals surface area (Å²) in [6, 6.07) is 7.24. The zero-order valence-electron chi connectivity index (χ0n) is 12.5. The number of nitrogens with two attached hydrogens (primary N) is 1. The Morgan fingerprint density at radius 1 is 1.18 bits per heavy atom. The van der Waals surface area contributed by atoms with Crippen LogP contribution in [0.4, 0.5) is 23.0 Å². The third-order valence-electron chi connectivity index (χ3n) is 3.82. The Balaban J connectivity index is 1.82. The molecule has 22 heavy (non-hydrogen) atoms. The van der Waals surface area contributed by atoms with Crippen LogP contribution in [0.2, 0.25) is 0 Å². The molecule has 1 saturated heterocycles. The lowest BCUT2D eigenvalue weighted by Gasteiger charge is -2.19. The smallest absolute Gasteiger partial charge is 0.159 e. The Bertz CT molecular complexity index is 677. The lowest BCUT2D eigenvalue weighted by atomic mass is 10.1. The van der Waals surface area contributed by atoms with Gasteiger partial charge in [0.1, 0.15) is 12.0 Å². The molecule has 2 aromatic rings. The number of Topliss-reactive ketones (excluding diaryl/α,β-unsaturated/α-hetero) is 1. The van der Waals surface area contributed by atoms with Gasteiger partial charge in [-0.05, 0) is 44.0 Å². The molecule has 2 heterocycles. The molecule has 0 amide bonds. The molecule has 0 atom stereocenters. The van der Waals surface area contributed by atoms with E-state index in [1.807, 2.05) is 12.1 Å². The Morgan fingerprint density at radius 3 is 2.50 bits per heavy atom. The van der Waals surface area contributed by atoms with Crippen molar-refractivity contribution in [2.45, 2.75) is 19.8 Å². The van der Waals surface area contributed by atoms with Crippen molar-refractivity contribution in [1.82, 2.24) is 9.97 Å². The molecule has 1 fully saturated rings. The van der Waals surface area contributed by atoms with Gasteiger partial charge >= 0.3 is 0 Å². The summed E-state index contributed by atoms with van der Waals surface area (Å²) in [4.78, 5) is 22.0. The molecule has 0 bridgehead atoms. The van der Waals surface area contributed by atoms with Gasteiger partial charge in [-0.3, -0.25) is 4.79 Å². The molecule has 1 aliphatic heterocycles. The number of benzene rings is 1. The third-order valence-corrected chi connectivity index (χ3v) is 3.82. The molecule has 3 N–H and O–H groups in total. The zero-order chi connectivity index (χ0) is 15.5. The quantitative estimate of drug-likeness (QED) is 0.844. The average molecular weight is 297 g/mol. The van der Waals surface area contributed by atoms with Gasteiger partial charge in [0.05, 0.1) is 0 Å². The fourth-order valence-corrected chi connectivity index (χ4v) is 2.59. The van der Waals surface area contributed by atoms with Crippen molar-refractivity contribution in [3.05, 3.63) is 36.2 Å². The number of nitrogens with one attached hydrogen (secondary N) is 1. The standard InChI is InChI=1S/C16H19N5O/c1-11(22)12-4-6-13(7-5-12)20-15-14(17)16(19-10-18-15)21-8-2-3-9-21/h4-7,10H,2-3,8-9,17H2,1H3,(H,18,19,20). The first kappa shape index (κ1) is 14.3. The molecule has 0 aliphatic carbocycles. The number of nitrogen functional groups attached to an aromatic ring is 1. The molecule has 6 nitrogen and oxygen atoms in total. The Kier molecular flexibility index (Phi) is 3.91. The predicted molar refractivity (Wildman–Crippen MR) is 87.6 cm³/mol. The number of nitrogens with zero attached hydrogens (tertiary/aromatic N) is 3. The van der Waals surface area contributed by atoms with E-state index in [-0.39, 0.29) is 5.78 Å². The van der Waals surface area contributed by atoms with Gasteiger partial charge in [-0.1, -0.05) is 0 Å². The summed E-state index contributed by atoms with van der Waals surface area (Å²) in [5.41, 5.74) is 8.28. The maximum atomic E-state index is 11.3. The van der Waals surface area contributed by atoms with E-state index >= 15 is 0 Å². The number of carbonyl (C=O) groups excluding carboxylic acids is 1. The number of rotatable bonds is 4. The normalized spacial score (nSPS) is 14.1. The summed E-state index contributed by atoms with van der Waals surface area (Å²) in [7, 11) is 0. The van der Waals surface area contributed by atoms with Crippen LogP contribution < -0.4 is 16.0 Å². The van der Waals surface area contributed by atoms with Crippen LogP contribution in [0.3, 0.4) is 0 Å². The zero-order valence-corrected chi connectivity index (χ0v) is 12.5. The van der Waals surface area contributed by atoms with Crippen LogP contribution in [-0.4, -0.2) is 28.8 Å². The van der Waals surface area contributed by atoms with E-state index in [9.17, 15) is 4.79 Å². The fraction of sp³-hybridized carbons (Fsp3) is 0.312. The van der Waals surface area contributed by atoms with Crippen LogP contribution in [0.5, 0.6) is 0 Å². The summed E-state index contributed by atoms with van der Waals surface area (Å²) >= 11 is 0. The molecular weight excluding hydrogens is 278 g/mol. The average Bonchev–Trinajstić information content (AvgIpc) is 3.04. The van der Waals surface area contributed by atoms with Crippen molar-refractivity contribution >= 4 is 28.8 Å². The largest absolute Gasteiger partial charge is 0.393 e. The molecule has 1 aliphatic rings. The van der Waals surface area contributed by atoms with Gasteiger partial charge in [0.15, 0.2) is 17.4 Å². The summed E-state index contributed by atoms with van der Waals surface area (Å²) in [6.45, 7) is 3.51. The van der Waals surface area contributed by atoms with E-state index in [1.165, 1.54) is 19.2 Å². The topological polar surface area (TPSA) is 84.1 Å². The van der Waals surface area contributed by atoms with Gasteiger partial charge in [0.25, 0.3) is 0 Å². The van der Waals surface area contributed by atoms with Crippen LogP contribution in [0.1, 0.15) is 30.1 Å². The van der Waals surface area contributed by atoms with Crippen LogP contribution in [0.15, 0.2) is 30.6 Å². The SMILES string of the molecule is CC(=O)c1ccc(Nc2ncnc(N3CCCC3)c2N)cc1. The highest BCUT2D eigenvalue weighted by molar-refractivity contribution is 5.94. The summed E-state index contributed by atoms with van der Waals surface area (Å²) in [5.74, 6) is 1.42. The number of hydrogen-bond acceptors (Lipinski definition) is 6. The number of hydrogen-bond donors (Lipinski definition) is 2. The Morgan fingerprint density at radius 2 is 1.86 bits per heavy atom. The molecule has 3 rings (SSSR count). The highest BCUT2D eigenvalue weighted by Crippen LogP contribution is 2.30. The van der Waals surface area contributed by atoms with Crippen molar-refractivity contribution in [1.29, 1.82) is 0 Å². The predicted octanol–water partition coefficient (Wildman–Crippen LogP) is 2.61. The summed E-state index contributed by atoms with van der Waals surface area (Å²) in [6.07, 6.45) is 3.85. The van der Waals surface area contributed by atoms with E-state index in [1.54, 1.807) is 19.1 Å². The van der Waals surface area contributed by atoms with Gasteiger partial charge in [-0.25, -0.2) is 9.97 Å². The molecule has 0 saturated carbocycles. The Labute approximate surface area is 129 Å². The van der Waals surface area contributed by atoms with Gasteiger partial charge in [0.2, 0.25) is 0 Å². The van der Waals surface area contributed by atoms with Crippen molar-refractivity contribution in [2.75, 3.05) is 29.0 Å². The van der Waals surface area contributed by atoms with Crippen molar-refractivity contribution < 1.29 is 4.79 Å². The van der Waals surface area contributed by atoms with E-state index < -0.39 is 0 Å². The second-order valence-electron chi connectivity index (χ2n) is 5.41. The molecule has 114 valence electrons. The molecule has 6 heteroatoms.